The minimum absolute atomic E-state index is 0.157. The first-order chi connectivity index (χ1) is 6.16. The van der Waals surface area contributed by atoms with E-state index in [1.54, 1.807) is 0 Å². The second kappa shape index (κ2) is 4.06. The molecule has 0 aliphatic heterocycles. The van der Waals surface area contributed by atoms with Gasteiger partial charge in [-0.2, -0.15) is 5.26 Å². The molecule has 13 heavy (non-hydrogen) atoms. The van der Waals surface area contributed by atoms with Gasteiger partial charge in [0, 0.05) is 0 Å². The zero-order valence-corrected chi connectivity index (χ0v) is 7.91. The van der Waals surface area contributed by atoms with Crippen molar-refractivity contribution < 1.29 is 5.11 Å². The molecule has 68 valence electrons. The van der Waals surface area contributed by atoms with Gasteiger partial charge in [-0.05, 0) is 30.5 Å². The number of aryl methyl sites for hydroxylation is 1. The molecule has 0 aliphatic carbocycles. The summed E-state index contributed by atoms with van der Waals surface area (Å²) in [4.78, 5) is 0. The lowest BCUT2D eigenvalue weighted by Crippen LogP contribution is -1.99. The Kier molecular flexibility index (Phi) is 3.05. The summed E-state index contributed by atoms with van der Waals surface area (Å²) in [6.07, 6.45) is -0.491. The maximum Gasteiger partial charge on any atom is 0.0922 e. The Labute approximate surface area is 78.4 Å². The van der Waals surface area contributed by atoms with Gasteiger partial charge < -0.3 is 5.11 Å². The molecule has 1 unspecified atom stereocenters. The Balaban J connectivity index is 3.02. The van der Waals surface area contributed by atoms with Crippen LogP contribution in [0.25, 0.3) is 0 Å². The van der Waals surface area contributed by atoms with Crippen molar-refractivity contribution in [2.75, 3.05) is 0 Å². The third kappa shape index (κ3) is 2.07. The SMILES string of the molecule is Cc1cccc(C(O)CC#N)c1C. The highest BCUT2D eigenvalue weighted by molar-refractivity contribution is 5.34. The van der Waals surface area contributed by atoms with Gasteiger partial charge in [-0.3, -0.25) is 0 Å². The predicted molar refractivity (Wildman–Crippen MR) is 51.1 cm³/mol. The van der Waals surface area contributed by atoms with E-state index >= 15 is 0 Å². The van der Waals surface area contributed by atoms with E-state index in [0.717, 1.165) is 16.7 Å². The zero-order chi connectivity index (χ0) is 9.84. The first kappa shape index (κ1) is 9.76. The molecule has 0 saturated carbocycles. The molecule has 2 heteroatoms. The summed E-state index contributed by atoms with van der Waals surface area (Å²) in [5, 5.41) is 18.1. The molecular formula is C11H13NO. The van der Waals surface area contributed by atoms with Crippen LogP contribution in [0.15, 0.2) is 18.2 Å². The van der Waals surface area contributed by atoms with Crippen molar-refractivity contribution in [3.8, 4) is 6.07 Å². The summed E-state index contributed by atoms with van der Waals surface area (Å²) in [7, 11) is 0. The Bertz CT molecular complexity index is 338. The second-order valence-corrected chi connectivity index (χ2v) is 3.17. The lowest BCUT2D eigenvalue weighted by molar-refractivity contribution is 0.182. The first-order valence-electron chi connectivity index (χ1n) is 4.28. The van der Waals surface area contributed by atoms with E-state index in [1.807, 2.05) is 38.1 Å². The lowest BCUT2D eigenvalue weighted by Gasteiger charge is -2.11. The van der Waals surface area contributed by atoms with Crippen LogP contribution < -0.4 is 0 Å². The molecular weight excluding hydrogens is 162 g/mol. The average Bonchev–Trinajstić information content (AvgIpc) is 2.10. The molecule has 0 amide bonds. The van der Waals surface area contributed by atoms with Crippen LogP contribution in [-0.4, -0.2) is 5.11 Å². The Hall–Kier alpha value is -1.33. The smallest absolute Gasteiger partial charge is 0.0922 e. The molecule has 0 bridgehead atoms. The Morgan fingerprint density at radius 1 is 1.46 bits per heavy atom. The van der Waals surface area contributed by atoms with Crippen LogP contribution in [0.2, 0.25) is 0 Å². The quantitative estimate of drug-likeness (QED) is 0.749. The van der Waals surface area contributed by atoms with Crippen LogP contribution in [0.5, 0.6) is 0 Å². The van der Waals surface area contributed by atoms with Gasteiger partial charge in [0.15, 0.2) is 0 Å². The number of hydrogen-bond donors (Lipinski definition) is 1. The van der Waals surface area contributed by atoms with E-state index in [-0.39, 0.29) is 6.42 Å². The van der Waals surface area contributed by atoms with Gasteiger partial charge in [-0.1, -0.05) is 18.2 Å². The molecule has 1 rings (SSSR count). The van der Waals surface area contributed by atoms with E-state index in [4.69, 9.17) is 5.26 Å². The minimum Gasteiger partial charge on any atom is -0.387 e. The number of hydrogen-bond acceptors (Lipinski definition) is 2. The molecule has 0 aliphatic rings. The van der Waals surface area contributed by atoms with Gasteiger partial charge in [-0.25, -0.2) is 0 Å². The Morgan fingerprint density at radius 3 is 2.77 bits per heavy atom. The fourth-order valence-electron chi connectivity index (χ4n) is 1.33. The number of benzene rings is 1. The number of rotatable bonds is 2. The molecule has 0 spiro atoms. The number of aliphatic hydroxyl groups excluding tert-OH is 1. The summed E-state index contributed by atoms with van der Waals surface area (Å²) in [5.74, 6) is 0. The number of nitrogens with zero attached hydrogens (tertiary/aromatic N) is 1. The van der Waals surface area contributed by atoms with Crippen LogP contribution >= 0.6 is 0 Å². The first-order valence-corrected chi connectivity index (χ1v) is 4.28. The highest BCUT2D eigenvalue weighted by Crippen LogP contribution is 2.22. The zero-order valence-electron chi connectivity index (χ0n) is 7.91. The van der Waals surface area contributed by atoms with Crippen molar-refractivity contribution in [3.05, 3.63) is 34.9 Å². The normalized spacial score (nSPS) is 12.2. The topological polar surface area (TPSA) is 44.0 Å². The summed E-state index contributed by atoms with van der Waals surface area (Å²) < 4.78 is 0. The molecule has 0 fully saturated rings. The summed E-state index contributed by atoms with van der Waals surface area (Å²) in [5.41, 5.74) is 3.08. The van der Waals surface area contributed by atoms with Gasteiger partial charge in [-0.15, -0.1) is 0 Å². The molecule has 1 atom stereocenters. The predicted octanol–water partition coefficient (Wildman–Crippen LogP) is 2.25. The van der Waals surface area contributed by atoms with E-state index in [9.17, 15) is 5.11 Å². The van der Waals surface area contributed by atoms with Crippen LogP contribution in [-0.2, 0) is 0 Å². The van der Waals surface area contributed by atoms with Crippen molar-refractivity contribution in [1.82, 2.24) is 0 Å². The van der Waals surface area contributed by atoms with Gasteiger partial charge in [0.1, 0.15) is 0 Å². The van der Waals surface area contributed by atoms with Crippen molar-refractivity contribution in [3.63, 3.8) is 0 Å². The monoisotopic (exact) mass is 175 g/mol. The minimum atomic E-state index is -0.648. The Morgan fingerprint density at radius 2 is 2.15 bits per heavy atom. The molecule has 0 aromatic heterocycles. The number of nitriles is 1. The van der Waals surface area contributed by atoms with E-state index in [0.29, 0.717) is 0 Å². The maximum atomic E-state index is 9.60. The van der Waals surface area contributed by atoms with Crippen LogP contribution in [0.4, 0.5) is 0 Å². The largest absolute Gasteiger partial charge is 0.387 e. The van der Waals surface area contributed by atoms with Crippen LogP contribution in [0.3, 0.4) is 0 Å². The van der Waals surface area contributed by atoms with Gasteiger partial charge in [0.05, 0.1) is 18.6 Å². The standard InChI is InChI=1S/C11H13NO/c1-8-4-3-5-10(9(8)2)11(13)6-7-12/h3-5,11,13H,6H2,1-2H3. The number of aliphatic hydroxyl groups is 1. The van der Waals surface area contributed by atoms with E-state index < -0.39 is 6.10 Å². The molecule has 1 aromatic rings. The van der Waals surface area contributed by atoms with E-state index in [1.165, 1.54) is 0 Å². The van der Waals surface area contributed by atoms with Crippen molar-refractivity contribution in [2.45, 2.75) is 26.4 Å². The molecule has 1 aromatic carbocycles. The second-order valence-electron chi connectivity index (χ2n) is 3.17. The summed E-state index contributed by atoms with van der Waals surface area (Å²) in [6.45, 7) is 3.96. The highest BCUT2D eigenvalue weighted by atomic mass is 16.3. The van der Waals surface area contributed by atoms with Gasteiger partial charge in [0.2, 0.25) is 0 Å². The molecule has 2 nitrogen and oxygen atoms in total. The van der Waals surface area contributed by atoms with E-state index in [2.05, 4.69) is 0 Å². The average molecular weight is 175 g/mol. The molecule has 0 radical (unpaired) electrons. The van der Waals surface area contributed by atoms with Crippen LogP contribution in [0.1, 0.15) is 29.2 Å². The van der Waals surface area contributed by atoms with Crippen LogP contribution in [0, 0.1) is 25.2 Å². The van der Waals surface area contributed by atoms with Gasteiger partial charge in [0.25, 0.3) is 0 Å². The third-order valence-corrected chi connectivity index (χ3v) is 2.29. The maximum absolute atomic E-state index is 9.60. The van der Waals surface area contributed by atoms with Crippen molar-refractivity contribution in [1.29, 1.82) is 5.26 Å². The van der Waals surface area contributed by atoms with Crippen molar-refractivity contribution in [2.24, 2.45) is 0 Å². The fraction of sp³-hybridized carbons (Fsp3) is 0.364. The highest BCUT2D eigenvalue weighted by Gasteiger charge is 2.10. The summed E-state index contributed by atoms with van der Waals surface area (Å²) in [6, 6.07) is 7.73. The lowest BCUT2D eigenvalue weighted by atomic mass is 9.98. The molecule has 1 N–H and O–H groups in total. The van der Waals surface area contributed by atoms with Gasteiger partial charge >= 0.3 is 0 Å². The third-order valence-electron chi connectivity index (χ3n) is 2.29. The van der Waals surface area contributed by atoms with Crippen molar-refractivity contribution >= 4 is 0 Å². The molecule has 0 heterocycles. The fourth-order valence-corrected chi connectivity index (χ4v) is 1.33. The molecule has 0 saturated heterocycles. The summed E-state index contributed by atoms with van der Waals surface area (Å²) >= 11 is 0.